The summed E-state index contributed by atoms with van der Waals surface area (Å²) in [5.74, 6) is 0.711. The number of hydrogen-bond acceptors (Lipinski definition) is 0. The van der Waals surface area contributed by atoms with Gasteiger partial charge in [0.1, 0.15) is 0 Å². The molecule has 1 aliphatic rings. The number of rotatable bonds is 1. The average molecular weight is 166 g/mol. The normalized spacial score (nSPS) is 16.9. The maximum Gasteiger partial charge on any atom is 0.0447 e. The van der Waals surface area contributed by atoms with Crippen LogP contribution in [0.15, 0.2) is 12.1 Å². The molecule has 0 bridgehead atoms. The molecule has 0 unspecified atom stereocenters. The summed E-state index contributed by atoms with van der Waals surface area (Å²) in [5, 5.41) is 0.887. The van der Waals surface area contributed by atoms with E-state index in [0.717, 1.165) is 5.02 Å². The van der Waals surface area contributed by atoms with Crippen LogP contribution in [0.2, 0.25) is 5.02 Å². The maximum atomic E-state index is 6.00. The Kier molecular flexibility index (Phi) is 1.65. The van der Waals surface area contributed by atoms with Crippen molar-refractivity contribution in [2.75, 3.05) is 0 Å². The standard InChI is InChI=1S/C10H10Cl/c1-7-2-5-10(11)9(6-7)8-3-4-8/h2,5,8H,3-4H2,1H3. The zero-order chi connectivity index (χ0) is 7.84. The third-order valence-corrected chi connectivity index (χ3v) is 2.38. The minimum atomic E-state index is 0.711. The summed E-state index contributed by atoms with van der Waals surface area (Å²) in [5.41, 5.74) is 2.42. The first-order valence-electron chi connectivity index (χ1n) is 3.95. The molecule has 1 aromatic rings. The van der Waals surface area contributed by atoms with Gasteiger partial charge in [0.05, 0.1) is 0 Å². The van der Waals surface area contributed by atoms with Gasteiger partial charge in [0.2, 0.25) is 0 Å². The summed E-state index contributed by atoms with van der Waals surface area (Å²) in [6, 6.07) is 7.29. The van der Waals surface area contributed by atoms with Crippen LogP contribution in [0.25, 0.3) is 0 Å². The van der Waals surface area contributed by atoms with Crippen LogP contribution in [0.5, 0.6) is 0 Å². The SMILES string of the molecule is Cc1[c]c(C2CC2)c(Cl)cc1. The molecule has 0 saturated heterocycles. The highest BCUT2D eigenvalue weighted by Crippen LogP contribution is 2.43. The highest BCUT2D eigenvalue weighted by Gasteiger charge is 2.25. The topological polar surface area (TPSA) is 0 Å². The van der Waals surface area contributed by atoms with Crippen LogP contribution in [-0.4, -0.2) is 0 Å². The molecule has 1 aliphatic carbocycles. The van der Waals surface area contributed by atoms with Crippen LogP contribution in [-0.2, 0) is 0 Å². The summed E-state index contributed by atoms with van der Waals surface area (Å²) in [6.45, 7) is 2.06. The van der Waals surface area contributed by atoms with Gasteiger partial charge in [0, 0.05) is 5.02 Å². The molecule has 0 aliphatic heterocycles. The fourth-order valence-electron chi connectivity index (χ4n) is 1.27. The Morgan fingerprint density at radius 3 is 2.82 bits per heavy atom. The van der Waals surface area contributed by atoms with Crippen LogP contribution in [0.4, 0.5) is 0 Å². The lowest BCUT2D eigenvalue weighted by Gasteiger charge is -2.01. The summed E-state index contributed by atoms with van der Waals surface area (Å²) in [6.07, 6.45) is 2.58. The molecule has 1 radical (unpaired) electrons. The van der Waals surface area contributed by atoms with Gasteiger partial charge >= 0.3 is 0 Å². The predicted molar refractivity (Wildman–Crippen MR) is 47.0 cm³/mol. The van der Waals surface area contributed by atoms with E-state index in [1.165, 1.54) is 24.0 Å². The second-order valence-corrected chi connectivity index (χ2v) is 3.58. The molecular weight excluding hydrogens is 156 g/mol. The molecule has 2 rings (SSSR count). The monoisotopic (exact) mass is 165 g/mol. The molecule has 0 aromatic heterocycles. The van der Waals surface area contributed by atoms with Gasteiger partial charge in [-0.2, -0.15) is 0 Å². The van der Waals surface area contributed by atoms with Crippen molar-refractivity contribution >= 4 is 11.6 Å². The Morgan fingerprint density at radius 2 is 2.18 bits per heavy atom. The first-order chi connectivity index (χ1) is 5.27. The average Bonchev–Trinajstić information content (AvgIpc) is 2.76. The van der Waals surface area contributed by atoms with E-state index in [2.05, 4.69) is 13.0 Å². The summed E-state index contributed by atoms with van der Waals surface area (Å²) < 4.78 is 0. The molecule has 0 atom stereocenters. The zero-order valence-electron chi connectivity index (χ0n) is 6.52. The third kappa shape index (κ3) is 1.41. The van der Waals surface area contributed by atoms with Crippen molar-refractivity contribution in [2.24, 2.45) is 0 Å². The van der Waals surface area contributed by atoms with Gasteiger partial charge in [-0.05, 0) is 48.9 Å². The molecule has 57 valence electrons. The minimum Gasteiger partial charge on any atom is -0.0840 e. The molecule has 1 fully saturated rings. The van der Waals surface area contributed by atoms with Gasteiger partial charge in [0.25, 0.3) is 0 Å². The van der Waals surface area contributed by atoms with Crippen molar-refractivity contribution in [3.05, 3.63) is 34.3 Å². The smallest absolute Gasteiger partial charge is 0.0447 e. The van der Waals surface area contributed by atoms with Crippen molar-refractivity contribution in [1.82, 2.24) is 0 Å². The van der Waals surface area contributed by atoms with Crippen molar-refractivity contribution < 1.29 is 0 Å². The summed E-state index contributed by atoms with van der Waals surface area (Å²) in [7, 11) is 0. The Hall–Kier alpha value is -0.490. The van der Waals surface area contributed by atoms with Gasteiger partial charge in [-0.3, -0.25) is 0 Å². The largest absolute Gasteiger partial charge is 0.0840 e. The maximum absolute atomic E-state index is 6.00. The Morgan fingerprint density at radius 1 is 1.45 bits per heavy atom. The molecular formula is C10H10Cl. The van der Waals surface area contributed by atoms with Gasteiger partial charge < -0.3 is 0 Å². The van der Waals surface area contributed by atoms with E-state index >= 15 is 0 Å². The number of aryl methyl sites for hydroxylation is 1. The molecule has 0 N–H and O–H groups in total. The van der Waals surface area contributed by atoms with Crippen molar-refractivity contribution in [3.63, 3.8) is 0 Å². The number of benzene rings is 1. The Labute approximate surface area is 72.2 Å². The molecule has 1 heteroatoms. The van der Waals surface area contributed by atoms with Gasteiger partial charge in [0.15, 0.2) is 0 Å². The van der Waals surface area contributed by atoms with Gasteiger partial charge in [-0.25, -0.2) is 0 Å². The van der Waals surface area contributed by atoms with E-state index in [1.807, 2.05) is 12.1 Å². The molecule has 0 spiro atoms. The van der Waals surface area contributed by atoms with Crippen molar-refractivity contribution in [2.45, 2.75) is 25.7 Å². The van der Waals surface area contributed by atoms with Crippen molar-refractivity contribution in [3.8, 4) is 0 Å². The lowest BCUT2D eigenvalue weighted by atomic mass is 10.1. The predicted octanol–water partition coefficient (Wildman–Crippen LogP) is 3.33. The van der Waals surface area contributed by atoms with E-state index in [1.54, 1.807) is 0 Å². The molecule has 0 amide bonds. The van der Waals surface area contributed by atoms with Gasteiger partial charge in [-0.1, -0.05) is 17.7 Å². The molecule has 1 saturated carbocycles. The lowest BCUT2D eigenvalue weighted by molar-refractivity contribution is 1.12. The lowest BCUT2D eigenvalue weighted by Crippen LogP contribution is -1.83. The van der Waals surface area contributed by atoms with Crippen LogP contribution in [0.1, 0.15) is 29.9 Å². The molecule has 1 aromatic carbocycles. The first kappa shape index (κ1) is 7.17. The second kappa shape index (κ2) is 2.53. The quantitative estimate of drug-likeness (QED) is 0.599. The molecule has 11 heavy (non-hydrogen) atoms. The van der Waals surface area contributed by atoms with E-state index < -0.39 is 0 Å². The second-order valence-electron chi connectivity index (χ2n) is 3.18. The van der Waals surface area contributed by atoms with Crippen LogP contribution in [0.3, 0.4) is 0 Å². The fourth-order valence-corrected chi connectivity index (χ4v) is 1.54. The highest BCUT2D eigenvalue weighted by molar-refractivity contribution is 6.31. The van der Waals surface area contributed by atoms with E-state index in [0.29, 0.717) is 5.92 Å². The number of halogens is 1. The van der Waals surface area contributed by atoms with Crippen LogP contribution < -0.4 is 0 Å². The Balaban J connectivity index is 2.42. The van der Waals surface area contributed by atoms with Crippen molar-refractivity contribution in [1.29, 1.82) is 0 Å². The summed E-state index contributed by atoms with van der Waals surface area (Å²) in [4.78, 5) is 0. The van der Waals surface area contributed by atoms with Crippen LogP contribution >= 0.6 is 11.6 Å². The highest BCUT2D eigenvalue weighted by atomic mass is 35.5. The van der Waals surface area contributed by atoms with E-state index in [-0.39, 0.29) is 0 Å². The molecule has 0 heterocycles. The first-order valence-corrected chi connectivity index (χ1v) is 4.33. The zero-order valence-corrected chi connectivity index (χ0v) is 7.28. The fraction of sp³-hybridized carbons (Fsp3) is 0.400. The van der Waals surface area contributed by atoms with E-state index in [9.17, 15) is 0 Å². The number of hydrogen-bond donors (Lipinski definition) is 0. The van der Waals surface area contributed by atoms with Crippen LogP contribution in [0, 0.1) is 13.0 Å². The Bertz CT molecular complexity index is 274. The minimum absolute atomic E-state index is 0.711. The summed E-state index contributed by atoms with van der Waals surface area (Å²) >= 11 is 6.00. The molecule has 0 nitrogen and oxygen atoms in total. The third-order valence-electron chi connectivity index (χ3n) is 2.05. The van der Waals surface area contributed by atoms with E-state index in [4.69, 9.17) is 11.6 Å². The van der Waals surface area contributed by atoms with Gasteiger partial charge in [-0.15, -0.1) is 0 Å².